The first-order chi connectivity index (χ1) is 15.2. The minimum Gasteiger partial charge on any atom is -0.484 e. The van der Waals surface area contributed by atoms with E-state index in [0.717, 1.165) is 11.0 Å². The van der Waals surface area contributed by atoms with Crippen molar-refractivity contribution in [1.82, 2.24) is 10.2 Å². The van der Waals surface area contributed by atoms with E-state index in [9.17, 15) is 23.9 Å². The van der Waals surface area contributed by atoms with Crippen LogP contribution in [0.1, 0.15) is 12.8 Å². The van der Waals surface area contributed by atoms with E-state index in [0.29, 0.717) is 17.1 Å². The Bertz CT molecular complexity index is 1010. The van der Waals surface area contributed by atoms with Crippen LogP contribution in [0.3, 0.4) is 0 Å². The third kappa shape index (κ3) is 6.24. The average molecular weight is 484 g/mol. The summed E-state index contributed by atoms with van der Waals surface area (Å²) in [6.07, 6.45) is -0.655. The quantitative estimate of drug-likeness (QED) is 0.579. The van der Waals surface area contributed by atoms with Crippen LogP contribution in [0.5, 0.6) is 5.75 Å². The molecule has 1 fully saturated rings. The minimum absolute atomic E-state index is 0.0602. The summed E-state index contributed by atoms with van der Waals surface area (Å²) in [5.41, 5.74) is 0.496. The summed E-state index contributed by atoms with van der Waals surface area (Å²) in [6.45, 7) is -0.444. The van der Waals surface area contributed by atoms with E-state index < -0.39 is 35.8 Å². The molecule has 0 radical (unpaired) electrons. The van der Waals surface area contributed by atoms with E-state index >= 15 is 0 Å². The molecule has 11 heteroatoms. The number of carbonyl (C=O) groups excluding carboxylic acids is 2. The van der Waals surface area contributed by atoms with Crippen molar-refractivity contribution in [1.29, 1.82) is 0 Å². The number of carboxylic acid groups (broad SMARTS) is 1. The van der Waals surface area contributed by atoms with Crippen LogP contribution in [-0.2, 0) is 9.59 Å². The number of ether oxygens (including phenoxy) is 1. The monoisotopic (exact) mass is 483 g/mol. The number of piperidine rings is 1. The lowest BCUT2D eigenvalue weighted by molar-refractivity contribution is -0.125. The highest BCUT2D eigenvalue weighted by molar-refractivity contribution is 6.31. The van der Waals surface area contributed by atoms with Crippen molar-refractivity contribution in [3.8, 4) is 5.75 Å². The molecule has 0 bridgehead atoms. The second kappa shape index (κ2) is 10.5. The molecule has 3 amide bonds. The van der Waals surface area contributed by atoms with E-state index in [-0.39, 0.29) is 30.3 Å². The van der Waals surface area contributed by atoms with E-state index in [2.05, 4.69) is 10.6 Å². The van der Waals surface area contributed by atoms with Crippen LogP contribution in [0.25, 0.3) is 0 Å². The molecular formula is C21H20Cl2FN3O5. The van der Waals surface area contributed by atoms with Gasteiger partial charge in [-0.3, -0.25) is 14.5 Å². The maximum absolute atomic E-state index is 13.4. The van der Waals surface area contributed by atoms with Crippen LogP contribution in [0.2, 0.25) is 10.0 Å². The molecule has 0 saturated carbocycles. The maximum Gasteiger partial charge on any atom is 0.408 e. The highest BCUT2D eigenvalue weighted by Crippen LogP contribution is 2.22. The van der Waals surface area contributed by atoms with Gasteiger partial charge in [0.2, 0.25) is 5.91 Å². The molecule has 0 aromatic heterocycles. The molecule has 1 heterocycles. The van der Waals surface area contributed by atoms with Gasteiger partial charge in [-0.1, -0.05) is 23.2 Å². The lowest BCUT2D eigenvalue weighted by atomic mass is 9.97. The van der Waals surface area contributed by atoms with E-state index in [1.54, 1.807) is 24.3 Å². The number of nitrogens with zero attached hydrogens (tertiary/aromatic N) is 1. The third-order valence-electron chi connectivity index (χ3n) is 4.87. The predicted octanol–water partition coefficient (Wildman–Crippen LogP) is 3.78. The lowest BCUT2D eigenvalue weighted by Crippen LogP contribution is -2.57. The zero-order chi connectivity index (χ0) is 23.3. The first-order valence-corrected chi connectivity index (χ1v) is 10.4. The molecule has 3 N–H and O–H groups in total. The van der Waals surface area contributed by atoms with Crippen LogP contribution in [0.4, 0.5) is 14.9 Å². The zero-order valence-corrected chi connectivity index (χ0v) is 18.2. The normalized spacial score (nSPS) is 18.0. The van der Waals surface area contributed by atoms with Crippen molar-refractivity contribution in [3.63, 3.8) is 0 Å². The first kappa shape index (κ1) is 23.6. The molecule has 2 aromatic rings. The fraction of sp³-hybridized carbons (Fsp3) is 0.286. The number of hydrogen-bond acceptors (Lipinski definition) is 4. The lowest BCUT2D eigenvalue weighted by Gasteiger charge is -2.37. The number of hydrogen-bond donors (Lipinski definition) is 3. The van der Waals surface area contributed by atoms with Crippen LogP contribution in [0.15, 0.2) is 42.5 Å². The third-order valence-corrected chi connectivity index (χ3v) is 5.43. The Labute approximate surface area is 193 Å². The Morgan fingerprint density at radius 2 is 1.84 bits per heavy atom. The standard InChI is InChI=1S/C21H20Cl2FN3O5/c22-12-1-3-13(4-2-12)26-20(29)18-8-5-14(10-27(18)21(30)31)25-19(28)11-32-15-6-7-16(23)17(24)9-15/h1-4,6-7,9,14,18H,5,8,10-11H2,(H,25,28)(H,26,29)(H,30,31)/t14-,18+/m1/s1. The van der Waals surface area contributed by atoms with E-state index in [4.69, 9.17) is 27.9 Å². The Morgan fingerprint density at radius 1 is 1.12 bits per heavy atom. The number of halogens is 3. The van der Waals surface area contributed by atoms with Crippen LogP contribution in [-0.4, -0.2) is 53.1 Å². The Balaban J connectivity index is 1.53. The number of anilines is 1. The zero-order valence-electron chi connectivity index (χ0n) is 16.7. The molecule has 1 aliphatic rings. The summed E-state index contributed by atoms with van der Waals surface area (Å²) in [7, 11) is 0. The van der Waals surface area contributed by atoms with Gasteiger partial charge in [0.1, 0.15) is 17.6 Å². The largest absolute Gasteiger partial charge is 0.484 e. The van der Waals surface area contributed by atoms with Crippen molar-refractivity contribution in [2.45, 2.75) is 24.9 Å². The second-order valence-corrected chi connectivity index (χ2v) is 8.00. The molecule has 1 aliphatic heterocycles. The van der Waals surface area contributed by atoms with Gasteiger partial charge in [0.15, 0.2) is 6.61 Å². The number of rotatable bonds is 6. The van der Waals surface area contributed by atoms with Crippen molar-refractivity contribution < 1.29 is 28.6 Å². The van der Waals surface area contributed by atoms with Gasteiger partial charge in [0.05, 0.1) is 5.02 Å². The SMILES string of the molecule is O=C(COc1ccc(Cl)c(F)c1)N[C@@H]1CC[C@@H](C(=O)Nc2ccc(Cl)cc2)N(C(=O)O)C1. The van der Waals surface area contributed by atoms with Crippen LogP contribution in [0, 0.1) is 5.82 Å². The van der Waals surface area contributed by atoms with Crippen molar-refractivity contribution >= 4 is 46.8 Å². The predicted molar refractivity (Wildman–Crippen MR) is 117 cm³/mol. The summed E-state index contributed by atoms with van der Waals surface area (Å²) < 4.78 is 18.7. The molecule has 0 unspecified atom stereocenters. The highest BCUT2D eigenvalue weighted by atomic mass is 35.5. The first-order valence-electron chi connectivity index (χ1n) is 9.66. The number of carbonyl (C=O) groups is 3. The second-order valence-electron chi connectivity index (χ2n) is 7.15. The molecule has 2 aromatic carbocycles. The average Bonchev–Trinajstić information content (AvgIpc) is 2.76. The van der Waals surface area contributed by atoms with Gasteiger partial charge in [-0.05, 0) is 49.2 Å². The van der Waals surface area contributed by atoms with Crippen molar-refractivity contribution in [2.24, 2.45) is 0 Å². The van der Waals surface area contributed by atoms with Crippen LogP contribution >= 0.6 is 23.2 Å². The smallest absolute Gasteiger partial charge is 0.408 e. The van der Waals surface area contributed by atoms with Crippen molar-refractivity contribution in [3.05, 3.63) is 58.3 Å². The van der Waals surface area contributed by atoms with Gasteiger partial charge < -0.3 is 20.5 Å². The maximum atomic E-state index is 13.4. The summed E-state index contributed by atoms with van der Waals surface area (Å²) in [4.78, 5) is 37.5. The fourth-order valence-electron chi connectivity index (χ4n) is 3.32. The van der Waals surface area contributed by atoms with Crippen molar-refractivity contribution in [2.75, 3.05) is 18.5 Å². The molecule has 32 heavy (non-hydrogen) atoms. The topological polar surface area (TPSA) is 108 Å². The fourth-order valence-corrected chi connectivity index (χ4v) is 3.56. The van der Waals surface area contributed by atoms with Gasteiger partial charge in [-0.25, -0.2) is 9.18 Å². The Hall–Kier alpha value is -3.04. The number of likely N-dealkylation sites (tertiary alicyclic amines) is 1. The summed E-state index contributed by atoms with van der Waals surface area (Å²) in [6, 6.07) is 8.85. The number of nitrogens with one attached hydrogen (secondary N) is 2. The van der Waals surface area contributed by atoms with Gasteiger partial charge in [-0.15, -0.1) is 0 Å². The number of benzene rings is 2. The van der Waals surface area contributed by atoms with Crippen LogP contribution < -0.4 is 15.4 Å². The molecule has 8 nitrogen and oxygen atoms in total. The Kier molecular flexibility index (Phi) is 7.76. The molecule has 2 atom stereocenters. The molecular weight excluding hydrogens is 464 g/mol. The molecule has 0 aliphatic carbocycles. The van der Waals surface area contributed by atoms with E-state index in [1.807, 2.05) is 0 Å². The molecule has 3 rings (SSSR count). The number of amides is 3. The van der Waals surface area contributed by atoms with Gasteiger partial charge >= 0.3 is 6.09 Å². The van der Waals surface area contributed by atoms with E-state index in [1.165, 1.54) is 12.1 Å². The highest BCUT2D eigenvalue weighted by Gasteiger charge is 2.36. The van der Waals surface area contributed by atoms with Gasteiger partial charge in [0, 0.05) is 29.4 Å². The molecule has 170 valence electrons. The molecule has 1 saturated heterocycles. The Morgan fingerprint density at radius 3 is 2.50 bits per heavy atom. The molecule has 0 spiro atoms. The van der Waals surface area contributed by atoms with Gasteiger partial charge in [0.25, 0.3) is 5.91 Å². The summed E-state index contributed by atoms with van der Waals surface area (Å²) in [5.74, 6) is -1.50. The minimum atomic E-state index is -1.27. The summed E-state index contributed by atoms with van der Waals surface area (Å²) >= 11 is 11.4. The summed E-state index contributed by atoms with van der Waals surface area (Å²) in [5, 5.41) is 15.4. The van der Waals surface area contributed by atoms with Gasteiger partial charge in [-0.2, -0.15) is 0 Å².